The highest BCUT2D eigenvalue weighted by atomic mass is 32.2. The van der Waals surface area contributed by atoms with E-state index < -0.39 is 0 Å². The maximum atomic E-state index is 8.80. The second-order valence-electron chi connectivity index (χ2n) is 4.12. The summed E-state index contributed by atoms with van der Waals surface area (Å²) >= 11 is 1.77. The predicted molar refractivity (Wildman–Crippen MR) is 65.3 cm³/mol. The maximum absolute atomic E-state index is 8.80. The van der Waals surface area contributed by atoms with Gasteiger partial charge in [0.1, 0.15) is 0 Å². The zero-order valence-corrected chi connectivity index (χ0v) is 10.1. The van der Waals surface area contributed by atoms with E-state index in [0.29, 0.717) is 16.9 Å². The molecule has 16 heavy (non-hydrogen) atoms. The monoisotopic (exact) mass is 233 g/mol. The number of aromatic nitrogens is 1. The van der Waals surface area contributed by atoms with Crippen LogP contribution in [0, 0.1) is 11.3 Å². The number of thioether (sulfide) groups is 1. The minimum absolute atomic E-state index is 0.581. The lowest BCUT2D eigenvalue weighted by Gasteiger charge is -2.26. The SMILES string of the molecule is C[C@@H]1CC[C@@H](Sc2cc(C#N)ccn2)CN1. The Labute approximate surface area is 100 Å². The average Bonchev–Trinajstić information content (AvgIpc) is 2.32. The molecule has 1 fully saturated rings. The molecule has 2 atom stereocenters. The summed E-state index contributed by atoms with van der Waals surface area (Å²) in [5, 5.41) is 13.8. The van der Waals surface area contributed by atoms with Gasteiger partial charge in [-0.25, -0.2) is 4.98 Å². The van der Waals surface area contributed by atoms with E-state index in [1.54, 1.807) is 24.0 Å². The van der Waals surface area contributed by atoms with Gasteiger partial charge in [-0.05, 0) is 31.9 Å². The predicted octanol–water partition coefficient (Wildman–Crippen LogP) is 2.19. The van der Waals surface area contributed by atoms with E-state index in [1.807, 2.05) is 6.07 Å². The summed E-state index contributed by atoms with van der Waals surface area (Å²) in [4.78, 5) is 4.28. The maximum Gasteiger partial charge on any atom is 0.0993 e. The van der Waals surface area contributed by atoms with Gasteiger partial charge >= 0.3 is 0 Å². The fraction of sp³-hybridized carbons (Fsp3) is 0.500. The lowest BCUT2D eigenvalue weighted by molar-refractivity contribution is 0.433. The molecule has 2 rings (SSSR count). The van der Waals surface area contributed by atoms with Crippen molar-refractivity contribution in [2.45, 2.75) is 36.1 Å². The van der Waals surface area contributed by atoms with Gasteiger partial charge in [-0.15, -0.1) is 11.8 Å². The summed E-state index contributed by atoms with van der Waals surface area (Å²) in [7, 11) is 0. The number of nitrogens with one attached hydrogen (secondary N) is 1. The highest BCUT2D eigenvalue weighted by Crippen LogP contribution is 2.27. The first kappa shape index (κ1) is 11.4. The molecule has 84 valence electrons. The number of piperidine rings is 1. The molecule has 0 saturated carbocycles. The van der Waals surface area contributed by atoms with E-state index in [2.05, 4.69) is 23.3 Å². The molecule has 0 aliphatic carbocycles. The smallest absolute Gasteiger partial charge is 0.0993 e. The van der Waals surface area contributed by atoms with Crippen LogP contribution in [0.2, 0.25) is 0 Å². The molecule has 0 amide bonds. The van der Waals surface area contributed by atoms with Crippen molar-refractivity contribution in [3.8, 4) is 6.07 Å². The van der Waals surface area contributed by atoms with Crippen molar-refractivity contribution in [3.05, 3.63) is 23.9 Å². The third-order valence-electron chi connectivity index (χ3n) is 2.77. The van der Waals surface area contributed by atoms with E-state index in [-0.39, 0.29) is 0 Å². The third-order valence-corrected chi connectivity index (χ3v) is 3.97. The lowest BCUT2D eigenvalue weighted by atomic mass is 10.1. The summed E-state index contributed by atoms with van der Waals surface area (Å²) in [5.74, 6) is 0. The van der Waals surface area contributed by atoms with Crippen molar-refractivity contribution >= 4 is 11.8 Å². The zero-order chi connectivity index (χ0) is 11.4. The van der Waals surface area contributed by atoms with Gasteiger partial charge in [0.2, 0.25) is 0 Å². The topological polar surface area (TPSA) is 48.7 Å². The zero-order valence-electron chi connectivity index (χ0n) is 9.31. The summed E-state index contributed by atoms with van der Waals surface area (Å²) in [5.41, 5.74) is 0.689. The van der Waals surface area contributed by atoms with Crippen molar-refractivity contribution < 1.29 is 0 Å². The van der Waals surface area contributed by atoms with Crippen LogP contribution in [0.4, 0.5) is 0 Å². The van der Waals surface area contributed by atoms with Crippen molar-refractivity contribution in [2.24, 2.45) is 0 Å². The Bertz CT molecular complexity index is 391. The second-order valence-corrected chi connectivity index (χ2v) is 5.44. The Morgan fingerprint density at radius 3 is 3.12 bits per heavy atom. The van der Waals surface area contributed by atoms with Gasteiger partial charge in [-0.2, -0.15) is 5.26 Å². The molecule has 0 radical (unpaired) electrons. The molecule has 1 aromatic heterocycles. The van der Waals surface area contributed by atoms with E-state index in [1.165, 1.54) is 12.8 Å². The van der Waals surface area contributed by atoms with Crippen LogP contribution in [0.15, 0.2) is 23.4 Å². The van der Waals surface area contributed by atoms with Gasteiger partial charge in [-0.1, -0.05) is 0 Å². The molecular formula is C12H15N3S. The molecule has 2 heterocycles. The van der Waals surface area contributed by atoms with Crippen LogP contribution in [-0.2, 0) is 0 Å². The van der Waals surface area contributed by atoms with Crippen molar-refractivity contribution in [3.63, 3.8) is 0 Å². The molecule has 0 unspecified atom stereocenters. The number of nitrogens with zero attached hydrogens (tertiary/aromatic N) is 2. The lowest BCUT2D eigenvalue weighted by Crippen LogP contribution is -2.38. The summed E-state index contributed by atoms with van der Waals surface area (Å²) in [6, 6.07) is 6.38. The molecule has 1 aliphatic heterocycles. The van der Waals surface area contributed by atoms with Gasteiger partial charge in [-0.3, -0.25) is 0 Å². The fourth-order valence-electron chi connectivity index (χ4n) is 1.79. The fourth-order valence-corrected chi connectivity index (χ4v) is 2.88. The van der Waals surface area contributed by atoms with Gasteiger partial charge in [0.05, 0.1) is 16.7 Å². The molecular weight excluding hydrogens is 218 g/mol. The molecule has 1 aliphatic rings. The van der Waals surface area contributed by atoms with E-state index in [4.69, 9.17) is 5.26 Å². The van der Waals surface area contributed by atoms with Crippen molar-refractivity contribution in [1.82, 2.24) is 10.3 Å². The third kappa shape index (κ3) is 2.97. The number of nitriles is 1. The van der Waals surface area contributed by atoms with Gasteiger partial charge in [0.15, 0.2) is 0 Å². The van der Waals surface area contributed by atoms with E-state index >= 15 is 0 Å². The van der Waals surface area contributed by atoms with Gasteiger partial charge < -0.3 is 5.32 Å². The molecule has 0 bridgehead atoms. The highest BCUT2D eigenvalue weighted by Gasteiger charge is 2.18. The first-order valence-electron chi connectivity index (χ1n) is 5.54. The summed E-state index contributed by atoms with van der Waals surface area (Å²) in [6.07, 6.45) is 4.15. The van der Waals surface area contributed by atoms with Crippen LogP contribution in [0.3, 0.4) is 0 Å². The Kier molecular flexibility index (Phi) is 3.81. The Hall–Kier alpha value is -1.05. The largest absolute Gasteiger partial charge is 0.313 e. The number of rotatable bonds is 2. The Balaban J connectivity index is 1.96. The van der Waals surface area contributed by atoms with Crippen LogP contribution in [0.5, 0.6) is 0 Å². The van der Waals surface area contributed by atoms with Crippen LogP contribution < -0.4 is 5.32 Å². The quantitative estimate of drug-likeness (QED) is 0.850. The highest BCUT2D eigenvalue weighted by molar-refractivity contribution is 7.99. The Morgan fingerprint density at radius 1 is 1.56 bits per heavy atom. The first-order chi connectivity index (χ1) is 7.78. The average molecular weight is 233 g/mol. The normalized spacial score (nSPS) is 25.0. The number of pyridine rings is 1. The molecule has 0 spiro atoms. The number of hydrogen-bond acceptors (Lipinski definition) is 4. The molecule has 3 nitrogen and oxygen atoms in total. The van der Waals surface area contributed by atoms with Crippen LogP contribution >= 0.6 is 11.8 Å². The minimum atomic E-state index is 0.581. The Morgan fingerprint density at radius 2 is 2.44 bits per heavy atom. The van der Waals surface area contributed by atoms with Crippen LogP contribution in [0.1, 0.15) is 25.3 Å². The standard InChI is InChI=1S/C12H15N3S/c1-9-2-3-11(8-15-9)16-12-6-10(7-13)4-5-14-12/h4-6,9,11,15H,2-3,8H2,1H3/t9-,11-/m1/s1. The van der Waals surface area contributed by atoms with E-state index in [0.717, 1.165) is 11.6 Å². The van der Waals surface area contributed by atoms with E-state index in [9.17, 15) is 0 Å². The second kappa shape index (κ2) is 5.33. The molecule has 4 heteroatoms. The van der Waals surface area contributed by atoms with Crippen LogP contribution in [-0.4, -0.2) is 22.8 Å². The van der Waals surface area contributed by atoms with Crippen molar-refractivity contribution in [1.29, 1.82) is 5.26 Å². The summed E-state index contributed by atoms with van der Waals surface area (Å²) < 4.78 is 0. The minimum Gasteiger partial charge on any atom is -0.313 e. The van der Waals surface area contributed by atoms with Crippen molar-refractivity contribution in [2.75, 3.05) is 6.54 Å². The first-order valence-corrected chi connectivity index (χ1v) is 6.42. The molecule has 1 N–H and O–H groups in total. The molecule has 1 saturated heterocycles. The van der Waals surface area contributed by atoms with Crippen LogP contribution in [0.25, 0.3) is 0 Å². The summed E-state index contributed by atoms with van der Waals surface area (Å²) in [6.45, 7) is 3.25. The van der Waals surface area contributed by atoms with Gasteiger partial charge in [0.25, 0.3) is 0 Å². The van der Waals surface area contributed by atoms with Gasteiger partial charge in [0, 0.05) is 24.0 Å². The molecule has 1 aromatic rings. The molecule has 0 aromatic carbocycles. The number of hydrogen-bond donors (Lipinski definition) is 1.